The number of benzene rings is 1. The Morgan fingerprint density at radius 1 is 1.03 bits per heavy atom. The van der Waals surface area contributed by atoms with E-state index in [-0.39, 0.29) is 5.78 Å². The number of carbonyl (C=O) groups is 1. The number of carbonyl (C=O) groups excluding carboxylic acids is 1. The van der Waals surface area contributed by atoms with E-state index in [1.165, 1.54) is 0 Å². The number of methoxy groups -OCH3 is 2. The van der Waals surface area contributed by atoms with Crippen LogP contribution in [-0.2, 0) is 6.42 Å². The maximum atomic E-state index is 12.5. The fraction of sp³-hybridized carbons (Fsp3) is 0.276. The van der Waals surface area contributed by atoms with E-state index in [0.717, 1.165) is 46.7 Å². The molecular weight excluding hydrogens is 482 g/mol. The minimum absolute atomic E-state index is 0.0260. The van der Waals surface area contributed by atoms with Crippen LogP contribution in [-0.4, -0.2) is 51.9 Å². The van der Waals surface area contributed by atoms with E-state index in [1.54, 1.807) is 33.5 Å². The van der Waals surface area contributed by atoms with Crippen molar-refractivity contribution in [1.29, 1.82) is 0 Å². The van der Waals surface area contributed by atoms with Crippen molar-refractivity contribution in [3.8, 4) is 28.5 Å². The fourth-order valence-corrected chi connectivity index (χ4v) is 4.57. The molecule has 196 valence electrons. The highest BCUT2D eigenvalue weighted by Gasteiger charge is 2.21. The number of rotatable bonds is 11. The second-order valence-corrected chi connectivity index (χ2v) is 8.95. The summed E-state index contributed by atoms with van der Waals surface area (Å²) in [6, 6.07) is 11.7. The number of hydrogen-bond donors (Lipinski definition) is 1. The monoisotopic (exact) mass is 513 g/mol. The van der Waals surface area contributed by atoms with E-state index >= 15 is 0 Å². The number of ketones is 1. The number of aromatic nitrogens is 4. The molecule has 38 heavy (non-hydrogen) atoms. The van der Waals surface area contributed by atoms with Crippen molar-refractivity contribution in [2.75, 3.05) is 32.7 Å². The highest BCUT2D eigenvalue weighted by molar-refractivity contribution is 5.99. The van der Waals surface area contributed by atoms with Crippen LogP contribution in [0.2, 0.25) is 0 Å². The van der Waals surface area contributed by atoms with Crippen molar-refractivity contribution in [1.82, 2.24) is 18.8 Å². The minimum Gasteiger partial charge on any atom is -0.493 e. The molecule has 1 N–H and O–H groups in total. The molecule has 0 fully saturated rings. The molecule has 9 heteroatoms. The average Bonchev–Trinajstić information content (AvgIpc) is 3.50. The smallest absolute Gasteiger partial charge is 0.176 e. The maximum Gasteiger partial charge on any atom is 0.176 e. The Morgan fingerprint density at radius 3 is 2.63 bits per heavy atom. The molecule has 0 spiro atoms. The lowest BCUT2D eigenvalue weighted by Gasteiger charge is -2.11. The molecule has 5 rings (SSSR count). The van der Waals surface area contributed by atoms with Gasteiger partial charge in [0.25, 0.3) is 0 Å². The zero-order chi connectivity index (χ0) is 26.6. The van der Waals surface area contributed by atoms with Crippen molar-refractivity contribution in [3.05, 3.63) is 72.4 Å². The first kappa shape index (κ1) is 25.1. The Labute approximate surface area is 221 Å². The molecule has 0 aliphatic rings. The van der Waals surface area contributed by atoms with Crippen LogP contribution in [0.1, 0.15) is 36.3 Å². The van der Waals surface area contributed by atoms with Gasteiger partial charge in [-0.15, -0.1) is 0 Å². The summed E-state index contributed by atoms with van der Waals surface area (Å²) in [4.78, 5) is 21.7. The van der Waals surface area contributed by atoms with E-state index in [1.807, 2.05) is 57.6 Å². The largest absolute Gasteiger partial charge is 0.493 e. The van der Waals surface area contributed by atoms with Gasteiger partial charge in [-0.3, -0.25) is 14.2 Å². The standard InChI is InChI=1S/C29H31N5O4/c1-5-14-38-21-9-12-33-23(19(2)35)17-22(24(33)16-21)28-29(34-13-11-30-18-27(34)32-28)31-10-8-20-6-7-25(36-3)26(15-20)37-4/h6-7,9,11-13,15-18,31H,5,8,10,14H2,1-4H3. The van der Waals surface area contributed by atoms with Crippen LogP contribution in [0, 0.1) is 0 Å². The average molecular weight is 514 g/mol. The predicted octanol–water partition coefficient (Wildman–Crippen LogP) is 5.31. The Kier molecular flexibility index (Phi) is 7.17. The summed E-state index contributed by atoms with van der Waals surface area (Å²) in [5.41, 5.74) is 4.83. The van der Waals surface area contributed by atoms with Gasteiger partial charge in [-0.25, -0.2) is 4.98 Å². The molecule has 0 aliphatic heterocycles. The maximum absolute atomic E-state index is 12.5. The van der Waals surface area contributed by atoms with E-state index in [9.17, 15) is 4.79 Å². The Balaban J connectivity index is 1.54. The number of anilines is 1. The third kappa shape index (κ3) is 4.74. The Morgan fingerprint density at radius 2 is 1.87 bits per heavy atom. The molecule has 0 aliphatic carbocycles. The first-order valence-corrected chi connectivity index (χ1v) is 12.6. The van der Waals surface area contributed by atoms with Gasteiger partial charge in [-0.2, -0.15) is 0 Å². The Hall–Kier alpha value is -4.53. The van der Waals surface area contributed by atoms with Crippen LogP contribution < -0.4 is 19.5 Å². The molecule has 9 nitrogen and oxygen atoms in total. The topological polar surface area (TPSA) is 91.4 Å². The second-order valence-electron chi connectivity index (χ2n) is 8.95. The van der Waals surface area contributed by atoms with Crippen LogP contribution in [0.4, 0.5) is 5.82 Å². The van der Waals surface area contributed by atoms with Gasteiger partial charge in [0.2, 0.25) is 0 Å². The van der Waals surface area contributed by atoms with E-state index in [4.69, 9.17) is 19.2 Å². The Bertz CT molecular complexity index is 1600. The lowest BCUT2D eigenvalue weighted by molar-refractivity contribution is 0.101. The minimum atomic E-state index is -0.0260. The molecule has 5 aromatic rings. The van der Waals surface area contributed by atoms with Crippen LogP contribution in [0.3, 0.4) is 0 Å². The highest BCUT2D eigenvalue weighted by Crippen LogP contribution is 2.35. The van der Waals surface area contributed by atoms with Crippen molar-refractivity contribution >= 4 is 22.8 Å². The fourth-order valence-electron chi connectivity index (χ4n) is 4.57. The van der Waals surface area contributed by atoms with Gasteiger partial charge in [0.1, 0.15) is 17.3 Å². The summed E-state index contributed by atoms with van der Waals surface area (Å²) >= 11 is 0. The zero-order valence-electron chi connectivity index (χ0n) is 22.0. The van der Waals surface area contributed by atoms with E-state index < -0.39 is 0 Å². The highest BCUT2D eigenvalue weighted by atomic mass is 16.5. The summed E-state index contributed by atoms with van der Waals surface area (Å²) in [6.07, 6.45) is 8.87. The van der Waals surface area contributed by atoms with E-state index in [0.29, 0.717) is 36.0 Å². The molecule has 0 saturated heterocycles. The van der Waals surface area contributed by atoms with Gasteiger partial charge in [0.15, 0.2) is 22.9 Å². The SMILES string of the molecule is CCCOc1ccn2c(C(C)=O)cc(-c3nc4cnccn4c3NCCc3ccc(OC)c(OC)c3)c2c1. The molecular formula is C29H31N5O4. The summed E-state index contributed by atoms with van der Waals surface area (Å²) in [7, 11) is 3.26. The molecule has 4 heterocycles. The second kappa shape index (κ2) is 10.8. The summed E-state index contributed by atoms with van der Waals surface area (Å²) < 4.78 is 20.6. The lowest BCUT2D eigenvalue weighted by Crippen LogP contribution is -2.08. The predicted molar refractivity (Wildman–Crippen MR) is 147 cm³/mol. The lowest BCUT2D eigenvalue weighted by atomic mass is 10.1. The number of Topliss-reactive ketones (excluding diaryl/α,β-unsaturated/α-hetero) is 1. The number of nitrogens with one attached hydrogen (secondary N) is 1. The normalized spacial score (nSPS) is 11.2. The molecule has 0 radical (unpaired) electrons. The van der Waals surface area contributed by atoms with Crippen LogP contribution in [0.15, 0.2) is 61.2 Å². The molecule has 0 unspecified atom stereocenters. The van der Waals surface area contributed by atoms with Gasteiger partial charge in [-0.05, 0) is 42.7 Å². The van der Waals surface area contributed by atoms with Crippen molar-refractivity contribution in [3.63, 3.8) is 0 Å². The van der Waals surface area contributed by atoms with Gasteiger partial charge >= 0.3 is 0 Å². The molecule has 0 amide bonds. The van der Waals surface area contributed by atoms with Crippen molar-refractivity contribution in [2.24, 2.45) is 0 Å². The zero-order valence-corrected chi connectivity index (χ0v) is 22.0. The summed E-state index contributed by atoms with van der Waals surface area (Å²) in [5.74, 6) is 2.95. The number of nitrogens with zero attached hydrogens (tertiary/aromatic N) is 4. The van der Waals surface area contributed by atoms with Crippen LogP contribution in [0.5, 0.6) is 17.2 Å². The first-order valence-electron chi connectivity index (χ1n) is 12.6. The van der Waals surface area contributed by atoms with Gasteiger partial charge in [-0.1, -0.05) is 13.0 Å². The number of fused-ring (bicyclic) bond motifs is 2. The van der Waals surface area contributed by atoms with E-state index in [2.05, 4.69) is 17.2 Å². The van der Waals surface area contributed by atoms with Gasteiger partial charge in [0, 0.05) is 43.7 Å². The van der Waals surface area contributed by atoms with Crippen LogP contribution >= 0.6 is 0 Å². The quantitative estimate of drug-likeness (QED) is 0.239. The first-order chi connectivity index (χ1) is 18.5. The van der Waals surface area contributed by atoms with Crippen molar-refractivity contribution in [2.45, 2.75) is 26.7 Å². The summed E-state index contributed by atoms with van der Waals surface area (Å²) in [6.45, 7) is 4.91. The third-order valence-electron chi connectivity index (χ3n) is 6.42. The number of imidazole rings is 1. The number of pyridine rings is 1. The van der Waals surface area contributed by atoms with Crippen molar-refractivity contribution < 1.29 is 19.0 Å². The molecule has 0 saturated carbocycles. The van der Waals surface area contributed by atoms with Gasteiger partial charge in [0.05, 0.1) is 38.2 Å². The van der Waals surface area contributed by atoms with Crippen LogP contribution in [0.25, 0.3) is 22.4 Å². The van der Waals surface area contributed by atoms with Gasteiger partial charge < -0.3 is 23.9 Å². The molecule has 0 atom stereocenters. The number of ether oxygens (including phenoxy) is 3. The molecule has 1 aromatic carbocycles. The molecule has 4 aromatic heterocycles. The molecule has 0 bridgehead atoms. The summed E-state index contributed by atoms with van der Waals surface area (Å²) in [5, 5.41) is 3.58. The number of hydrogen-bond acceptors (Lipinski definition) is 7. The third-order valence-corrected chi connectivity index (χ3v) is 6.42.